The van der Waals surface area contributed by atoms with Gasteiger partial charge in [0.1, 0.15) is 12.3 Å². The van der Waals surface area contributed by atoms with Crippen LogP contribution in [0.4, 0.5) is 0 Å². The van der Waals surface area contributed by atoms with E-state index >= 15 is 0 Å². The van der Waals surface area contributed by atoms with E-state index in [1.807, 2.05) is 30.3 Å². The SMILES string of the molecule is COC(=O)[C@H](Cc1ccccc1)N1C(=O)CCC1OC. The lowest BCUT2D eigenvalue weighted by Gasteiger charge is -2.30. The van der Waals surface area contributed by atoms with Crippen LogP contribution in [-0.2, 0) is 25.5 Å². The van der Waals surface area contributed by atoms with Crippen molar-refractivity contribution in [3.63, 3.8) is 0 Å². The van der Waals surface area contributed by atoms with E-state index in [-0.39, 0.29) is 12.1 Å². The van der Waals surface area contributed by atoms with Gasteiger partial charge in [-0.1, -0.05) is 30.3 Å². The highest BCUT2D eigenvalue weighted by molar-refractivity contribution is 5.86. The summed E-state index contributed by atoms with van der Waals surface area (Å²) in [6.45, 7) is 0. The monoisotopic (exact) mass is 277 g/mol. The van der Waals surface area contributed by atoms with Gasteiger partial charge >= 0.3 is 5.97 Å². The van der Waals surface area contributed by atoms with Crippen LogP contribution in [0.25, 0.3) is 0 Å². The van der Waals surface area contributed by atoms with Gasteiger partial charge in [0.2, 0.25) is 5.91 Å². The van der Waals surface area contributed by atoms with E-state index in [0.29, 0.717) is 19.3 Å². The van der Waals surface area contributed by atoms with Crippen LogP contribution >= 0.6 is 0 Å². The number of nitrogens with zero attached hydrogens (tertiary/aromatic N) is 1. The summed E-state index contributed by atoms with van der Waals surface area (Å²) in [5.74, 6) is -0.477. The fraction of sp³-hybridized carbons (Fsp3) is 0.467. The summed E-state index contributed by atoms with van der Waals surface area (Å²) in [7, 11) is 2.88. The second-order valence-corrected chi connectivity index (χ2v) is 4.76. The molecule has 1 saturated heterocycles. The molecule has 0 saturated carbocycles. The van der Waals surface area contributed by atoms with Crippen LogP contribution in [0.2, 0.25) is 0 Å². The van der Waals surface area contributed by atoms with Gasteiger partial charge in [-0.15, -0.1) is 0 Å². The molecule has 20 heavy (non-hydrogen) atoms. The Labute approximate surface area is 118 Å². The molecule has 2 atom stereocenters. The molecular formula is C15H19NO4. The quantitative estimate of drug-likeness (QED) is 0.763. The van der Waals surface area contributed by atoms with Crippen LogP contribution in [-0.4, -0.2) is 43.3 Å². The Bertz CT molecular complexity index is 474. The number of carbonyl (C=O) groups excluding carboxylic acids is 2. The molecule has 1 aromatic rings. The molecule has 0 spiro atoms. The lowest BCUT2D eigenvalue weighted by Crippen LogP contribution is -2.48. The van der Waals surface area contributed by atoms with Gasteiger partial charge in [0.05, 0.1) is 7.11 Å². The number of hydrogen-bond acceptors (Lipinski definition) is 4. The first-order valence-electron chi connectivity index (χ1n) is 6.63. The first kappa shape index (κ1) is 14.5. The molecule has 1 aliphatic heterocycles. The third kappa shape index (κ3) is 2.99. The number of benzene rings is 1. The Kier molecular flexibility index (Phi) is 4.74. The maximum atomic E-state index is 12.0. The molecule has 1 aliphatic rings. The zero-order valence-electron chi connectivity index (χ0n) is 11.7. The smallest absolute Gasteiger partial charge is 0.329 e. The lowest BCUT2D eigenvalue weighted by atomic mass is 10.0. The highest BCUT2D eigenvalue weighted by atomic mass is 16.5. The van der Waals surface area contributed by atoms with E-state index in [4.69, 9.17) is 9.47 Å². The predicted octanol–water partition coefficient (Wildman–Crippen LogP) is 1.37. The summed E-state index contributed by atoms with van der Waals surface area (Å²) in [5, 5.41) is 0. The molecule has 108 valence electrons. The average molecular weight is 277 g/mol. The van der Waals surface area contributed by atoms with Crippen molar-refractivity contribution in [2.75, 3.05) is 14.2 Å². The summed E-state index contributed by atoms with van der Waals surface area (Å²) < 4.78 is 10.2. The van der Waals surface area contributed by atoms with Crippen molar-refractivity contribution in [3.05, 3.63) is 35.9 Å². The van der Waals surface area contributed by atoms with Gasteiger partial charge in [-0.2, -0.15) is 0 Å². The zero-order chi connectivity index (χ0) is 14.5. The molecule has 0 aliphatic carbocycles. The molecule has 0 bridgehead atoms. The zero-order valence-corrected chi connectivity index (χ0v) is 11.7. The van der Waals surface area contributed by atoms with Crippen molar-refractivity contribution in [3.8, 4) is 0 Å². The molecule has 1 unspecified atom stereocenters. The Morgan fingerprint density at radius 1 is 1.35 bits per heavy atom. The number of ether oxygens (including phenoxy) is 2. The number of hydrogen-bond donors (Lipinski definition) is 0. The van der Waals surface area contributed by atoms with Gasteiger partial charge in [0.15, 0.2) is 0 Å². The Morgan fingerprint density at radius 2 is 2.05 bits per heavy atom. The van der Waals surface area contributed by atoms with E-state index in [2.05, 4.69) is 0 Å². The Balaban J connectivity index is 2.23. The summed E-state index contributed by atoms with van der Waals surface area (Å²) in [6, 6.07) is 8.95. The minimum atomic E-state index is -0.637. The lowest BCUT2D eigenvalue weighted by molar-refractivity contribution is -0.158. The van der Waals surface area contributed by atoms with Crippen molar-refractivity contribution in [2.24, 2.45) is 0 Å². The molecule has 0 aromatic heterocycles. The van der Waals surface area contributed by atoms with Crippen molar-refractivity contribution in [1.82, 2.24) is 4.90 Å². The second kappa shape index (κ2) is 6.52. The molecule has 1 amide bonds. The van der Waals surface area contributed by atoms with Gasteiger partial charge < -0.3 is 14.4 Å². The van der Waals surface area contributed by atoms with Gasteiger partial charge in [0.25, 0.3) is 0 Å². The molecule has 0 radical (unpaired) electrons. The van der Waals surface area contributed by atoms with E-state index in [0.717, 1.165) is 5.56 Å². The molecule has 1 heterocycles. The van der Waals surface area contributed by atoms with Crippen molar-refractivity contribution < 1.29 is 19.1 Å². The highest BCUT2D eigenvalue weighted by Gasteiger charge is 2.40. The number of amides is 1. The van der Waals surface area contributed by atoms with Crippen molar-refractivity contribution in [2.45, 2.75) is 31.5 Å². The topological polar surface area (TPSA) is 55.8 Å². The second-order valence-electron chi connectivity index (χ2n) is 4.76. The maximum Gasteiger partial charge on any atom is 0.329 e. The van der Waals surface area contributed by atoms with E-state index < -0.39 is 12.0 Å². The number of likely N-dealkylation sites (tertiary alicyclic amines) is 1. The highest BCUT2D eigenvalue weighted by Crippen LogP contribution is 2.24. The van der Waals surface area contributed by atoms with Crippen LogP contribution in [0, 0.1) is 0 Å². The normalized spacial score (nSPS) is 20.0. The van der Waals surface area contributed by atoms with E-state index in [1.54, 1.807) is 7.11 Å². The standard InChI is InChI=1S/C15H19NO4/c1-19-14-9-8-13(17)16(14)12(15(18)20-2)10-11-6-4-3-5-7-11/h3-7,12,14H,8-10H2,1-2H3/t12-,14?/m0/s1. The van der Waals surface area contributed by atoms with Crippen LogP contribution < -0.4 is 0 Å². The average Bonchev–Trinajstić information content (AvgIpc) is 2.86. The molecule has 0 N–H and O–H groups in total. The van der Waals surface area contributed by atoms with Gasteiger partial charge in [0, 0.05) is 26.4 Å². The van der Waals surface area contributed by atoms with Crippen LogP contribution in [0.5, 0.6) is 0 Å². The van der Waals surface area contributed by atoms with Gasteiger partial charge in [-0.3, -0.25) is 4.79 Å². The summed E-state index contributed by atoms with van der Waals surface area (Å²) >= 11 is 0. The van der Waals surface area contributed by atoms with Crippen molar-refractivity contribution >= 4 is 11.9 Å². The van der Waals surface area contributed by atoms with E-state index in [1.165, 1.54) is 12.0 Å². The minimum absolute atomic E-state index is 0.0665. The maximum absolute atomic E-state index is 12.0. The predicted molar refractivity (Wildman–Crippen MR) is 72.8 cm³/mol. The first-order valence-corrected chi connectivity index (χ1v) is 6.63. The Hall–Kier alpha value is -1.88. The number of methoxy groups -OCH3 is 2. The molecular weight excluding hydrogens is 258 g/mol. The summed E-state index contributed by atoms with van der Waals surface area (Å²) in [4.78, 5) is 25.6. The largest absolute Gasteiger partial charge is 0.467 e. The summed E-state index contributed by atoms with van der Waals surface area (Å²) in [5.41, 5.74) is 0.984. The molecule has 1 fully saturated rings. The van der Waals surface area contributed by atoms with Gasteiger partial charge in [-0.25, -0.2) is 4.79 Å². The molecule has 1 aromatic carbocycles. The van der Waals surface area contributed by atoms with Gasteiger partial charge in [-0.05, 0) is 5.56 Å². The minimum Gasteiger partial charge on any atom is -0.467 e. The van der Waals surface area contributed by atoms with Crippen LogP contribution in [0.3, 0.4) is 0 Å². The fourth-order valence-corrected chi connectivity index (χ4v) is 2.55. The number of rotatable bonds is 5. The molecule has 2 rings (SSSR count). The third-order valence-corrected chi connectivity index (χ3v) is 3.56. The third-order valence-electron chi connectivity index (χ3n) is 3.56. The molecule has 5 heteroatoms. The number of carbonyl (C=O) groups is 2. The van der Waals surface area contributed by atoms with Crippen LogP contribution in [0.15, 0.2) is 30.3 Å². The van der Waals surface area contributed by atoms with Crippen LogP contribution in [0.1, 0.15) is 18.4 Å². The number of esters is 1. The fourth-order valence-electron chi connectivity index (χ4n) is 2.55. The Morgan fingerprint density at radius 3 is 2.65 bits per heavy atom. The van der Waals surface area contributed by atoms with E-state index in [9.17, 15) is 9.59 Å². The van der Waals surface area contributed by atoms with Crippen molar-refractivity contribution in [1.29, 1.82) is 0 Å². The first-order chi connectivity index (χ1) is 9.67. The molecule has 5 nitrogen and oxygen atoms in total. The summed E-state index contributed by atoms with van der Waals surface area (Å²) in [6.07, 6.45) is 1.09.